The number of hydrogen-bond acceptors (Lipinski definition) is 2. The molecular weight excluding hydrogens is 291 g/mol. The molecule has 0 saturated heterocycles. The van der Waals surface area contributed by atoms with Crippen LogP contribution in [0.2, 0.25) is 5.02 Å². The number of aliphatic hydroxyl groups is 1. The predicted octanol–water partition coefficient (Wildman–Crippen LogP) is 3.90. The highest BCUT2D eigenvalue weighted by Crippen LogP contribution is 2.21. The van der Waals surface area contributed by atoms with E-state index in [0.717, 1.165) is 12.1 Å². The smallest absolute Gasteiger partial charge is 0.159 e. The Bertz CT molecular complexity index is 621. The molecule has 1 atom stereocenters. The third kappa shape index (κ3) is 3.43. The second-order valence-electron chi connectivity index (χ2n) is 4.20. The highest BCUT2D eigenvalue weighted by Gasteiger charge is 2.11. The average molecular weight is 302 g/mol. The quantitative estimate of drug-likeness (QED) is 0.897. The minimum absolute atomic E-state index is 0.0442. The van der Waals surface area contributed by atoms with E-state index in [1.807, 2.05) is 0 Å². The van der Waals surface area contributed by atoms with E-state index in [0.29, 0.717) is 5.69 Å². The van der Waals surface area contributed by atoms with Crippen LogP contribution < -0.4 is 5.32 Å². The van der Waals surface area contributed by atoms with Crippen molar-refractivity contribution in [3.63, 3.8) is 0 Å². The van der Waals surface area contributed by atoms with Crippen LogP contribution in [0, 0.1) is 17.5 Å². The van der Waals surface area contributed by atoms with Crippen molar-refractivity contribution in [1.82, 2.24) is 0 Å². The number of anilines is 1. The predicted molar refractivity (Wildman–Crippen MR) is 71.2 cm³/mol. The van der Waals surface area contributed by atoms with E-state index >= 15 is 0 Å². The summed E-state index contributed by atoms with van der Waals surface area (Å²) in [6.45, 7) is 0.0486. The molecule has 2 nitrogen and oxygen atoms in total. The maximum absolute atomic E-state index is 13.0. The molecule has 0 heterocycles. The van der Waals surface area contributed by atoms with E-state index in [4.69, 9.17) is 11.6 Å². The largest absolute Gasteiger partial charge is 0.387 e. The van der Waals surface area contributed by atoms with Crippen LogP contribution in [0.1, 0.15) is 11.7 Å². The normalized spacial score (nSPS) is 12.2. The molecule has 2 aromatic rings. The van der Waals surface area contributed by atoms with E-state index < -0.39 is 23.6 Å². The Morgan fingerprint density at radius 3 is 2.35 bits per heavy atom. The van der Waals surface area contributed by atoms with E-state index in [-0.39, 0.29) is 17.1 Å². The Labute approximate surface area is 118 Å². The second-order valence-corrected chi connectivity index (χ2v) is 4.61. The van der Waals surface area contributed by atoms with Crippen LogP contribution in [-0.2, 0) is 0 Å². The lowest BCUT2D eigenvalue weighted by atomic mass is 10.1. The average Bonchev–Trinajstić information content (AvgIpc) is 2.43. The van der Waals surface area contributed by atoms with Crippen molar-refractivity contribution in [2.45, 2.75) is 6.10 Å². The lowest BCUT2D eigenvalue weighted by molar-refractivity contribution is 0.191. The zero-order valence-electron chi connectivity index (χ0n) is 10.2. The van der Waals surface area contributed by atoms with Gasteiger partial charge < -0.3 is 10.4 Å². The minimum Gasteiger partial charge on any atom is -0.387 e. The monoisotopic (exact) mass is 301 g/mol. The highest BCUT2D eigenvalue weighted by atomic mass is 35.5. The first kappa shape index (κ1) is 14.7. The van der Waals surface area contributed by atoms with Gasteiger partial charge in [-0.3, -0.25) is 0 Å². The van der Waals surface area contributed by atoms with Gasteiger partial charge in [0.1, 0.15) is 5.82 Å². The van der Waals surface area contributed by atoms with Crippen LogP contribution in [0.3, 0.4) is 0 Å². The molecule has 0 aliphatic heterocycles. The standard InChI is InChI=1S/C14H11ClF3NO/c15-10-6-9(2-4-11(10)16)19-7-14(20)8-1-3-12(17)13(18)5-8/h1-6,14,19-20H,7H2. The van der Waals surface area contributed by atoms with Crippen LogP contribution in [0.5, 0.6) is 0 Å². The van der Waals surface area contributed by atoms with Crippen LogP contribution in [0.15, 0.2) is 36.4 Å². The van der Waals surface area contributed by atoms with Gasteiger partial charge in [-0.2, -0.15) is 0 Å². The first-order valence-electron chi connectivity index (χ1n) is 5.79. The minimum atomic E-state index is -1.03. The Hall–Kier alpha value is -1.72. The van der Waals surface area contributed by atoms with Crippen molar-refractivity contribution in [2.75, 3.05) is 11.9 Å². The summed E-state index contributed by atoms with van der Waals surface area (Å²) in [5.41, 5.74) is 0.752. The fourth-order valence-electron chi connectivity index (χ4n) is 1.66. The summed E-state index contributed by atoms with van der Waals surface area (Å²) in [5.74, 6) is -2.54. The number of rotatable bonds is 4. The Morgan fingerprint density at radius 1 is 1.00 bits per heavy atom. The molecule has 0 radical (unpaired) electrons. The van der Waals surface area contributed by atoms with E-state index in [2.05, 4.69) is 5.32 Å². The lowest BCUT2D eigenvalue weighted by Gasteiger charge is -2.13. The molecule has 0 spiro atoms. The lowest BCUT2D eigenvalue weighted by Crippen LogP contribution is -2.12. The molecule has 1 unspecified atom stereocenters. The summed E-state index contributed by atoms with van der Waals surface area (Å²) in [7, 11) is 0. The van der Waals surface area contributed by atoms with E-state index in [9.17, 15) is 18.3 Å². The molecule has 0 fully saturated rings. The van der Waals surface area contributed by atoms with Crippen LogP contribution in [-0.4, -0.2) is 11.7 Å². The third-order valence-electron chi connectivity index (χ3n) is 2.75. The van der Waals surface area contributed by atoms with Crippen molar-refractivity contribution in [1.29, 1.82) is 0 Å². The Kier molecular flexibility index (Phi) is 4.52. The first-order valence-corrected chi connectivity index (χ1v) is 6.17. The molecule has 2 N–H and O–H groups in total. The Balaban J connectivity index is 2.02. The van der Waals surface area contributed by atoms with E-state index in [1.54, 1.807) is 0 Å². The number of aliphatic hydroxyl groups excluding tert-OH is 1. The van der Waals surface area contributed by atoms with Gasteiger partial charge in [-0.1, -0.05) is 17.7 Å². The molecular formula is C14H11ClF3NO. The first-order chi connectivity index (χ1) is 9.47. The van der Waals surface area contributed by atoms with Gasteiger partial charge in [-0.15, -0.1) is 0 Å². The maximum Gasteiger partial charge on any atom is 0.159 e. The fraction of sp³-hybridized carbons (Fsp3) is 0.143. The third-order valence-corrected chi connectivity index (χ3v) is 3.04. The van der Waals surface area contributed by atoms with Gasteiger partial charge in [0.2, 0.25) is 0 Å². The molecule has 0 aliphatic carbocycles. The summed E-state index contributed by atoms with van der Waals surface area (Å²) in [6.07, 6.45) is -1.03. The number of hydrogen-bond donors (Lipinski definition) is 2. The number of benzene rings is 2. The molecule has 0 aromatic heterocycles. The highest BCUT2D eigenvalue weighted by molar-refractivity contribution is 6.31. The van der Waals surface area contributed by atoms with Crippen molar-refractivity contribution in [2.24, 2.45) is 0 Å². The summed E-state index contributed by atoms with van der Waals surface area (Å²) in [5, 5.41) is 12.6. The fourth-order valence-corrected chi connectivity index (χ4v) is 1.84. The van der Waals surface area contributed by atoms with Gasteiger partial charge in [0.05, 0.1) is 11.1 Å². The number of nitrogens with one attached hydrogen (secondary N) is 1. The summed E-state index contributed by atoms with van der Waals surface area (Å²) in [6, 6.07) is 7.19. The molecule has 2 aromatic carbocycles. The molecule has 2 rings (SSSR count). The van der Waals surface area contributed by atoms with Gasteiger partial charge in [0.25, 0.3) is 0 Å². The topological polar surface area (TPSA) is 32.3 Å². The van der Waals surface area contributed by atoms with Crippen LogP contribution in [0.4, 0.5) is 18.9 Å². The van der Waals surface area contributed by atoms with Crippen molar-refractivity contribution < 1.29 is 18.3 Å². The Morgan fingerprint density at radius 2 is 1.70 bits per heavy atom. The van der Waals surface area contributed by atoms with Gasteiger partial charge in [-0.05, 0) is 35.9 Å². The van der Waals surface area contributed by atoms with Gasteiger partial charge in [0.15, 0.2) is 11.6 Å². The summed E-state index contributed by atoms with van der Waals surface area (Å²) >= 11 is 5.62. The van der Waals surface area contributed by atoms with Gasteiger partial charge in [0, 0.05) is 12.2 Å². The maximum atomic E-state index is 13.0. The van der Waals surface area contributed by atoms with Gasteiger partial charge in [-0.25, -0.2) is 13.2 Å². The van der Waals surface area contributed by atoms with Crippen molar-refractivity contribution >= 4 is 17.3 Å². The van der Waals surface area contributed by atoms with Crippen molar-refractivity contribution in [3.05, 3.63) is 64.4 Å². The molecule has 0 saturated carbocycles. The second kappa shape index (κ2) is 6.15. The molecule has 6 heteroatoms. The molecule has 106 valence electrons. The van der Waals surface area contributed by atoms with E-state index in [1.165, 1.54) is 24.3 Å². The zero-order chi connectivity index (χ0) is 14.7. The van der Waals surface area contributed by atoms with Crippen molar-refractivity contribution in [3.8, 4) is 0 Å². The SMILES string of the molecule is OC(CNc1ccc(F)c(Cl)c1)c1ccc(F)c(F)c1. The molecule has 20 heavy (non-hydrogen) atoms. The molecule has 0 bridgehead atoms. The molecule has 0 aliphatic rings. The summed E-state index contributed by atoms with van der Waals surface area (Å²) in [4.78, 5) is 0. The molecule has 0 amide bonds. The zero-order valence-corrected chi connectivity index (χ0v) is 11.0. The number of halogens is 4. The summed E-state index contributed by atoms with van der Waals surface area (Å²) < 4.78 is 38.8. The van der Waals surface area contributed by atoms with Gasteiger partial charge >= 0.3 is 0 Å². The van der Waals surface area contributed by atoms with Crippen LogP contribution in [0.25, 0.3) is 0 Å². The van der Waals surface area contributed by atoms with Crippen LogP contribution >= 0.6 is 11.6 Å².